The molecule has 0 spiro atoms. The number of benzene rings is 1. The number of rotatable bonds is 4. The summed E-state index contributed by atoms with van der Waals surface area (Å²) in [5, 5.41) is 21.8. The van der Waals surface area contributed by atoms with Crippen molar-refractivity contribution in [3.8, 4) is 6.07 Å². The fourth-order valence-corrected chi connectivity index (χ4v) is 1.22. The van der Waals surface area contributed by atoms with Crippen molar-refractivity contribution < 1.29 is 5.11 Å². The molecule has 0 fully saturated rings. The highest BCUT2D eigenvalue weighted by Crippen LogP contribution is 2.19. The number of nitrogens with one attached hydrogen (secondary N) is 1. The topological polar surface area (TPSA) is 82.1 Å². The molecule has 1 unspecified atom stereocenters. The average molecular weight is 219 g/mol. The summed E-state index contributed by atoms with van der Waals surface area (Å²) in [6.07, 6.45) is 0.650. The molecular weight excluding hydrogens is 202 g/mol. The smallest absolute Gasteiger partial charge is 0.101 e. The zero-order valence-corrected chi connectivity index (χ0v) is 9.62. The van der Waals surface area contributed by atoms with Gasteiger partial charge in [-0.05, 0) is 31.5 Å². The lowest BCUT2D eigenvalue weighted by molar-refractivity contribution is 0.0697. The standard InChI is InChI=1S/C12H17N3O/c1-3-12(2,16)8-15-11-5-4-10(14)6-9(11)7-13/h4-6,15-16H,3,8,14H2,1-2H3. The van der Waals surface area contributed by atoms with Gasteiger partial charge in [0.25, 0.3) is 0 Å². The molecule has 0 aromatic heterocycles. The normalized spacial score (nSPS) is 13.9. The van der Waals surface area contributed by atoms with Crippen LogP contribution in [0.5, 0.6) is 0 Å². The van der Waals surface area contributed by atoms with E-state index in [0.717, 1.165) is 0 Å². The first-order chi connectivity index (χ1) is 7.48. The van der Waals surface area contributed by atoms with Gasteiger partial charge in [-0.3, -0.25) is 0 Å². The summed E-state index contributed by atoms with van der Waals surface area (Å²) < 4.78 is 0. The maximum absolute atomic E-state index is 9.83. The molecule has 4 heteroatoms. The van der Waals surface area contributed by atoms with Crippen molar-refractivity contribution in [2.24, 2.45) is 0 Å². The Hall–Kier alpha value is -1.73. The van der Waals surface area contributed by atoms with Crippen LogP contribution in [0.2, 0.25) is 0 Å². The quantitative estimate of drug-likeness (QED) is 0.673. The van der Waals surface area contributed by atoms with Crippen molar-refractivity contribution in [3.05, 3.63) is 23.8 Å². The molecule has 0 aliphatic carbocycles. The molecule has 16 heavy (non-hydrogen) atoms. The average Bonchev–Trinajstić information content (AvgIpc) is 2.27. The number of nitrogen functional groups attached to an aromatic ring is 1. The summed E-state index contributed by atoms with van der Waals surface area (Å²) in [6.45, 7) is 4.07. The SMILES string of the molecule is CCC(C)(O)CNc1ccc(N)cc1C#N. The van der Waals surface area contributed by atoms with Crippen LogP contribution in [0.25, 0.3) is 0 Å². The zero-order valence-electron chi connectivity index (χ0n) is 9.62. The lowest BCUT2D eigenvalue weighted by atomic mass is 10.0. The summed E-state index contributed by atoms with van der Waals surface area (Å²) in [5.74, 6) is 0. The minimum absolute atomic E-state index is 0.405. The monoisotopic (exact) mass is 219 g/mol. The van der Waals surface area contributed by atoms with E-state index < -0.39 is 5.60 Å². The second kappa shape index (κ2) is 4.86. The largest absolute Gasteiger partial charge is 0.399 e. The van der Waals surface area contributed by atoms with E-state index in [2.05, 4.69) is 11.4 Å². The number of nitrogens with zero attached hydrogens (tertiary/aromatic N) is 1. The van der Waals surface area contributed by atoms with Crippen LogP contribution < -0.4 is 11.1 Å². The lowest BCUT2D eigenvalue weighted by Gasteiger charge is -2.22. The molecule has 0 aliphatic heterocycles. The van der Waals surface area contributed by atoms with Gasteiger partial charge in [0.2, 0.25) is 0 Å². The van der Waals surface area contributed by atoms with Crippen molar-refractivity contribution in [1.82, 2.24) is 0 Å². The van der Waals surface area contributed by atoms with Crippen LogP contribution in [0, 0.1) is 11.3 Å². The minimum atomic E-state index is -0.770. The van der Waals surface area contributed by atoms with Gasteiger partial charge in [-0.1, -0.05) is 6.92 Å². The van der Waals surface area contributed by atoms with Gasteiger partial charge in [0, 0.05) is 12.2 Å². The van der Waals surface area contributed by atoms with Crippen molar-refractivity contribution in [3.63, 3.8) is 0 Å². The van der Waals surface area contributed by atoms with Crippen molar-refractivity contribution in [2.75, 3.05) is 17.6 Å². The molecule has 1 aromatic carbocycles. The maximum atomic E-state index is 9.83. The molecule has 1 atom stereocenters. The molecule has 1 rings (SSSR count). The molecule has 0 aliphatic rings. The second-order valence-electron chi connectivity index (χ2n) is 4.12. The first kappa shape index (κ1) is 12.3. The highest BCUT2D eigenvalue weighted by atomic mass is 16.3. The van der Waals surface area contributed by atoms with Crippen LogP contribution in [0.4, 0.5) is 11.4 Å². The van der Waals surface area contributed by atoms with Crippen LogP contribution in [-0.2, 0) is 0 Å². The zero-order chi connectivity index (χ0) is 12.2. The molecule has 0 bridgehead atoms. The lowest BCUT2D eigenvalue weighted by Crippen LogP contribution is -2.32. The third-order valence-corrected chi connectivity index (χ3v) is 2.59. The second-order valence-corrected chi connectivity index (χ2v) is 4.12. The van der Waals surface area contributed by atoms with E-state index in [1.54, 1.807) is 25.1 Å². The third-order valence-electron chi connectivity index (χ3n) is 2.59. The Morgan fingerprint density at radius 1 is 1.56 bits per heavy atom. The van der Waals surface area contributed by atoms with E-state index in [1.165, 1.54) is 0 Å². The Labute approximate surface area is 95.7 Å². The van der Waals surface area contributed by atoms with Gasteiger partial charge in [0.1, 0.15) is 6.07 Å². The molecule has 0 amide bonds. The van der Waals surface area contributed by atoms with Crippen molar-refractivity contribution in [2.45, 2.75) is 25.9 Å². The van der Waals surface area contributed by atoms with Gasteiger partial charge < -0.3 is 16.2 Å². The number of hydrogen-bond acceptors (Lipinski definition) is 4. The number of nitriles is 1. The Bertz CT molecular complexity index is 407. The fraction of sp³-hybridized carbons (Fsp3) is 0.417. The summed E-state index contributed by atoms with van der Waals surface area (Å²) in [6, 6.07) is 7.16. The maximum Gasteiger partial charge on any atom is 0.101 e. The van der Waals surface area contributed by atoms with E-state index in [-0.39, 0.29) is 0 Å². The summed E-state index contributed by atoms with van der Waals surface area (Å²) >= 11 is 0. The summed E-state index contributed by atoms with van der Waals surface area (Å²) in [7, 11) is 0. The van der Waals surface area contributed by atoms with E-state index in [0.29, 0.717) is 29.9 Å². The predicted molar refractivity (Wildman–Crippen MR) is 65.0 cm³/mol. The van der Waals surface area contributed by atoms with Crippen LogP contribution in [0.1, 0.15) is 25.8 Å². The molecule has 0 heterocycles. The van der Waals surface area contributed by atoms with Crippen LogP contribution in [0.15, 0.2) is 18.2 Å². The van der Waals surface area contributed by atoms with Crippen molar-refractivity contribution >= 4 is 11.4 Å². The fourth-order valence-electron chi connectivity index (χ4n) is 1.22. The molecule has 0 radical (unpaired) electrons. The van der Waals surface area contributed by atoms with Gasteiger partial charge in [0.05, 0.1) is 16.9 Å². The highest BCUT2D eigenvalue weighted by molar-refractivity contribution is 5.63. The Balaban J connectivity index is 2.79. The first-order valence-corrected chi connectivity index (χ1v) is 5.24. The third kappa shape index (κ3) is 3.14. The van der Waals surface area contributed by atoms with Crippen LogP contribution in [0.3, 0.4) is 0 Å². The summed E-state index contributed by atoms with van der Waals surface area (Å²) in [4.78, 5) is 0. The van der Waals surface area contributed by atoms with Gasteiger partial charge in [-0.15, -0.1) is 0 Å². The highest BCUT2D eigenvalue weighted by Gasteiger charge is 2.17. The van der Waals surface area contributed by atoms with E-state index in [1.807, 2.05) is 6.92 Å². The molecule has 4 nitrogen and oxygen atoms in total. The van der Waals surface area contributed by atoms with Crippen LogP contribution >= 0.6 is 0 Å². The number of aliphatic hydroxyl groups is 1. The predicted octanol–water partition coefficient (Wildman–Crippen LogP) is 1.71. The molecule has 0 saturated carbocycles. The van der Waals surface area contributed by atoms with Gasteiger partial charge >= 0.3 is 0 Å². The molecule has 1 aromatic rings. The molecule has 86 valence electrons. The van der Waals surface area contributed by atoms with Gasteiger partial charge in [0.15, 0.2) is 0 Å². The summed E-state index contributed by atoms with van der Waals surface area (Å²) in [5.41, 5.74) is 6.56. The Kier molecular flexibility index (Phi) is 3.75. The Morgan fingerprint density at radius 3 is 2.81 bits per heavy atom. The van der Waals surface area contributed by atoms with Crippen LogP contribution in [-0.4, -0.2) is 17.3 Å². The first-order valence-electron chi connectivity index (χ1n) is 5.24. The van der Waals surface area contributed by atoms with E-state index in [4.69, 9.17) is 11.0 Å². The van der Waals surface area contributed by atoms with Gasteiger partial charge in [-0.2, -0.15) is 5.26 Å². The van der Waals surface area contributed by atoms with E-state index in [9.17, 15) is 5.11 Å². The molecule has 0 saturated heterocycles. The molecular formula is C12H17N3O. The number of nitrogens with two attached hydrogens (primary N) is 1. The number of anilines is 2. The van der Waals surface area contributed by atoms with E-state index >= 15 is 0 Å². The van der Waals surface area contributed by atoms with Gasteiger partial charge in [-0.25, -0.2) is 0 Å². The Morgan fingerprint density at radius 2 is 2.25 bits per heavy atom. The molecule has 4 N–H and O–H groups in total. The number of hydrogen-bond donors (Lipinski definition) is 3. The minimum Gasteiger partial charge on any atom is -0.399 e. The van der Waals surface area contributed by atoms with Crippen molar-refractivity contribution in [1.29, 1.82) is 5.26 Å².